The summed E-state index contributed by atoms with van der Waals surface area (Å²) in [5, 5.41) is 3.02. The SMILES string of the molecule is CC(CC(F)(F)F)NC1CC(N)c2ccccc21. The molecule has 0 saturated carbocycles. The first-order valence-corrected chi connectivity index (χ1v) is 6.04. The summed E-state index contributed by atoms with van der Waals surface area (Å²) in [6.45, 7) is 1.56. The van der Waals surface area contributed by atoms with E-state index in [4.69, 9.17) is 5.73 Å². The third-order valence-corrected chi connectivity index (χ3v) is 3.28. The lowest BCUT2D eigenvalue weighted by molar-refractivity contribution is -0.139. The summed E-state index contributed by atoms with van der Waals surface area (Å²) in [5.41, 5.74) is 8.04. The monoisotopic (exact) mass is 258 g/mol. The Bertz CT molecular complexity index is 417. The molecule has 0 saturated heterocycles. The van der Waals surface area contributed by atoms with Gasteiger partial charge in [-0.2, -0.15) is 13.2 Å². The van der Waals surface area contributed by atoms with Gasteiger partial charge in [0.1, 0.15) is 0 Å². The smallest absolute Gasteiger partial charge is 0.324 e. The number of nitrogens with one attached hydrogen (secondary N) is 1. The molecule has 0 aromatic heterocycles. The number of halogens is 3. The van der Waals surface area contributed by atoms with Crippen LogP contribution in [0.25, 0.3) is 0 Å². The van der Waals surface area contributed by atoms with E-state index in [2.05, 4.69) is 5.32 Å². The quantitative estimate of drug-likeness (QED) is 0.874. The number of fused-ring (bicyclic) bond motifs is 1. The first kappa shape index (κ1) is 13.4. The van der Waals surface area contributed by atoms with Gasteiger partial charge in [0.2, 0.25) is 0 Å². The van der Waals surface area contributed by atoms with Crippen molar-refractivity contribution >= 4 is 0 Å². The number of hydrogen-bond acceptors (Lipinski definition) is 2. The molecule has 3 unspecified atom stereocenters. The predicted molar refractivity (Wildman–Crippen MR) is 64.0 cm³/mol. The Hall–Kier alpha value is -1.07. The molecule has 0 aliphatic heterocycles. The van der Waals surface area contributed by atoms with Crippen molar-refractivity contribution in [1.29, 1.82) is 0 Å². The Labute approximate surface area is 104 Å². The van der Waals surface area contributed by atoms with Crippen molar-refractivity contribution in [3.63, 3.8) is 0 Å². The summed E-state index contributed by atoms with van der Waals surface area (Å²) >= 11 is 0. The average molecular weight is 258 g/mol. The molecule has 3 N–H and O–H groups in total. The van der Waals surface area contributed by atoms with E-state index < -0.39 is 18.6 Å². The number of rotatable bonds is 3. The van der Waals surface area contributed by atoms with Gasteiger partial charge in [0, 0.05) is 18.1 Å². The largest absolute Gasteiger partial charge is 0.390 e. The van der Waals surface area contributed by atoms with Crippen molar-refractivity contribution in [3.05, 3.63) is 35.4 Å². The highest BCUT2D eigenvalue weighted by Gasteiger charge is 2.33. The fraction of sp³-hybridized carbons (Fsp3) is 0.538. The van der Waals surface area contributed by atoms with E-state index in [1.54, 1.807) is 6.92 Å². The molecule has 1 aromatic rings. The summed E-state index contributed by atoms with van der Waals surface area (Å²) in [4.78, 5) is 0. The van der Waals surface area contributed by atoms with E-state index in [9.17, 15) is 13.2 Å². The summed E-state index contributed by atoms with van der Waals surface area (Å²) in [5.74, 6) is 0. The van der Waals surface area contributed by atoms with Crippen LogP contribution in [-0.2, 0) is 0 Å². The molecule has 100 valence electrons. The zero-order chi connectivity index (χ0) is 13.3. The van der Waals surface area contributed by atoms with Gasteiger partial charge >= 0.3 is 6.18 Å². The van der Waals surface area contributed by atoms with Crippen molar-refractivity contribution in [2.45, 2.75) is 44.1 Å². The molecule has 0 spiro atoms. The lowest BCUT2D eigenvalue weighted by Gasteiger charge is -2.21. The second-order valence-corrected chi connectivity index (χ2v) is 4.91. The summed E-state index contributed by atoms with van der Waals surface area (Å²) < 4.78 is 36.9. The molecule has 1 aromatic carbocycles. The van der Waals surface area contributed by atoms with Crippen molar-refractivity contribution in [2.75, 3.05) is 0 Å². The first-order chi connectivity index (χ1) is 8.37. The van der Waals surface area contributed by atoms with Gasteiger partial charge in [0.15, 0.2) is 0 Å². The standard InChI is InChI=1S/C13H17F3N2/c1-8(7-13(14,15)16)18-12-6-11(17)9-4-2-3-5-10(9)12/h2-5,8,11-12,18H,6-7,17H2,1H3. The molecule has 1 aliphatic rings. The van der Waals surface area contributed by atoms with Crippen LogP contribution in [0.2, 0.25) is 0 Å². The van der Waals surface area contributed by atoms with Gasteiger partial charge in [-0.05, 0) is 24.5 Å². The molecule has 0 bridgehead atoms. The zero-order valence-electron chi connectivity index (χ0n) is 10.2. The maximum atomic E-state index is 12.3. The van der Waals surface area contributed by atoms with Crippen LogP contribution in [0.1, 0.15) is 43.0 Å². The fourth-order valence-corrected chi connectivity index (χ4v) is 2.58. The van der Waals surface area contributed by atoms with E-state index in [1.807, 2.05) is 24.3 Å². The Morgan fingerprint density at radius 2 is 1.94 bits per heavy atom. The maximum absolute atomic E-state index is 12.3. The second-order valence-electron chi connectivity index (χ2n) is 4.91. The number of hydrogen-bond donors (Lipinski definition) is 2. The fourth-order valence-electron chi connectivity index (χ4n) is 2.58. The van der Waals surface area contributed by atoms with Gasteiger partial charge in [-0.25, -0.2) is 0 Å². The third-order valence-electron chi connectivity index (χ3n) is 3.28. The normalized spacial score (nSPS) is 24.9. The Balaban J connectivity index is 2.04. The molecule has 2 rings (SSSR count). The Kier molecular flexibility index (Phi) is 3.64. The van der Waals surface area contributed by atoms with Gasteiger partial charge in [-0.15, -0.1) is 0 Å². The molecule has 1 aliphatic carbocycles. The first-order valence-electron chi connectivity index (χ1n) is 6.04. The third kappa shape index (κ3) is 3.03. The highest BCUT2D eigenvalue weighted by Crippen LogP contribution is 2.37. The van der Waals surface area contributed by atoms with E-state index >= 15 is 0 Å². The molecule has 0 heterocycles. The molecule has 0 amide bonds. The number of benzene rings is 1. The summed E-state index contributed by atoms with van der Waals surface area (Å²) in [7, 11) is 0. The summed E-state index contributed by atoms with van der Waals surface area (Å²) in [6, 6.07) is 6.90. The van der Waals surface area contributed by atoms with Gasteiger partial charge in [0.25, 0.3) is 0 Å². The molecular weight excluding hydrogens is 241 g/mol. The van der Waals surface area contributed by atoms with Crippen molar-refractivity contribution in [1.82, 2.24) is 5.32 Å². The minimum atomic E-state index is -4.13. The lowest BCUT2D eigenvalue weighted by Crippen LogP contribution is -2.33. The van der Waals surface area contributed by atoms with E-state index in [1.165, 1.54) is 0 Å². The van der Waals surface area contributed by atoms with Gasteiger partial charge in [-0.1, -0.05) is 24.3 Å². The Morgan fingerprint density at radius 1 is 1.33 bits per heavy atom. The van der Waals surface area contributed by atoms with Crippen molar-refractivity contribution < 1.29 is 13.2 Å². The Morgan fingerprint density at radius 3 is 2.56 bits per heavy atom. The van der Waals surface area contributed by atoms with Crippen LogP contribution in [0.15, 0.2) is 24.3 Å². The van der Waals surface area contributed by atoms with E-state index in [0.29, 0.717) is 6.42 Å². The second kappa shape index (κ2) is 4.90. The number of nitrogens with two attached hydrogens (primary N) is 1. The molecular formula is C13H17F3N2. The minimum absolute atomic E-state index is 0.0754. The number of alkyl halides is 3. The average Bonchev–Trinajstić information content (AvgIpc) is 2.54. The van der Waals surface area contributed by atoms with Crippen LogP contribution in [0.3, 0.4) is 0 Å². The van der Waals surface area contributed by atoms with Crippen LogP contribution >= 0.6 is 0 Å². The van der Waals surface area contributed by atoms with E-state index in [0.717, 1.165) is 11.1 Å². The highest BCUT2D eigenvalue weighted by molar-refractivity contribution is 5.37. The van der Waals surface area contributed by atoms with Crippen molar-refractivity contribution in [3.8, 4) is 0 Å². The highest BCUT2D eigenvalue weighted by atomic mass is 19.4. The molecule has 18 heavy (non-hydrogen) atoms. The van der Waals surface area contributed by atoms with Crippen molar-refractivity contribution in [2.24, 2.45) is 5.73 Å². The molecule has 0 radical (unpaired) electrons. The zero-order valence-corrected chi connectivity index (χ0v) is 10.2. The van der Waals surface area contributed by atoms with Crippen LogP contribution in [-0.4, -0.2) is 12.2 Å². The van der Waals surface area contributed by atoms with Crippen LogP contribution in [0, 0.1) is 0 Å². The molecule has 2 nitrogen and oxygen atoms in total. The molecule has 5 heteroatoms. The topological polar surface area (TPSA) is 38.0 Å². The van der Waals surface area contributed by atoms with E-state index in [-0.39, 0.29) is 12.1 Å². The maximum Gasteiger partial charge on any atom is 0.390 e. The minimum Gasteiger partial charge on any atom is -0.324 e. The summed E-state index contributed by atoms with van der Waals surface area (Å²) in [6.07, 6.45) is -4.30. The predicted octanol–water partition coefficient (Wildman–Crippen LogP) is 3.06. The van der Waals surface area contributed by atoms with Crippen LogP contribution in [0.4, 0.5) is 13.2 Å². The van der Waals surface area contributed by atoms with Gasteiger partial charge < -0.3 is 11.1 Å². The van der Waals surface area contributed by atoms with Crippen LogP contribution < -0.4 is 11.1 Å². The van der Waals surface area contributed by atoms with Crippen LogP contribution in [0.5, 0.6) is 0 Å². The van der Waals surface area contributed by atoms with Gasteiger partial charge in [0.05, 0.1) is 6.42 Å². The lowest BCUT2D eigenvalue weighted by atomic mass is 10.1. The van der Waals surface area contributed by atoms with Gasteiger partial charge in [-0.3, -0.25) is 0 Å². The molecule has 3 atom stereocenters. The molecule has 0 fully saturated rings.